The molecule has 2 aromatic rings. The molecule has 1 amide bonds. The van der Waals surface area contributed by atoms with Crippen LogP contribution in [0.2, 0.25) is 0 Å². The largest absolute Gasteiger partial charge is 0.475 e. The molecule has 0 spiro atoms. The van der Waals surface area contributed by atoms with Crippen molar-refractivity contribution in [1.82, 2.24) is 15.3 Å². The molecule has 0 unspecified atom stereocenters. The van der Waals surface area contributed by atoms with Crippen molar-refractivity contribution in [3.63, 3.8) is 0 Å². The fourth-order valence-electron chi connectivity index (χ4n) is 2.79. The Labute approximate surface area is 159 Å². The van der Waals surface area contributed by atoms with Crippen molar-refractivity contribution in [2.75, 3.05) is 0 Å². The van der Waals surface area contributed by atoms with E-state index in [1.165, 1.54) is 6.20 Å². The summed E-state index contributed by atoms with van der Waals surface area (Å²) >= 11 is 0. The highest BCUT2D eigenvalue weighted by molar-refractivity contribution is 6.43. The van der Waals surface area contributed by atoms with Gasteiger partial charge in [0.2, 0.25) is 5.91 Å². The Bertz CT molecular complexity index is 823. The van der Waals surface area contributed by atoms with Crippen molar-refractivity contribution in [2.24, 2.45) is 11.3 Å². The summed E-state index contributed by atoms with van der Waals surface area (Å²) in [6.45, 7) is 7.14. The van der Waals surface area contributed by atoms with Gasteiger partial charge in [-0.05, 0) is 24.5 Å². The number of hydrogen-bond acceptors (Lipinski definition) is 6. The van der Waals surface area contributed by atoms with Crippen molar-refractivity contribution < 1.29 is 19.6 Å². The Morgan fingerprint density at radius 3 is 2.41 bits per heavy atom. The molecule has 1 atom stereocenters. The summed E-state index contributed by atoms with van der Waals surface area (Å²) in [7, 11) is -1.66. The lowest BCUT2D eigenvalue weighted by Crippen LogP contribution is -2.51. The van der Waals surface area contributed by atoms with Crippen LogP contribution in [0.1, 0.15) is 51.0 Å². The van der Waals surface area contributed by atoms with Crippen LogP contribution in [0.15, 0.2) is 30.5 Å². The van der Waals surface area contributed by atoms with E-state index in [0.29, 0.717) is 17.5 Å². The van der Waals surface area contributed by atoms with Gasteiger partial charge < -0.3 is 15.4 Å². The minimum atomic E-state index is -1.66. The van der Waals surface area contributed by atoms with E-state index in [-0.39, 0.29) is 23.8 Å². The number of rotatable bonds is 8. The standard InChI is InChI=1S/C19H26BN3O4/c1-12(2)9-17(20(26)27)23-18(25)19(3,4)10-16(24)15-11-21-13-7-5-6-8-14(13)22-15/h5-8,11-12,17,26-27H,9-10H2,1-4H3,(H,23,25)/t17-/m0/s1. The second-order valence-electron chi connectivity index (χ2n) is 7.85. The number of aromatic nitrogens is 2. The van der Waals surface area contributed by atoms with E-state index in [0.717, 1.165) is 0 Å². The van der Waals surface area contributed by atoms with E-state index in [1.54, 1.807) is 19.9 Å². The number of fused-ring (bicyclic) bond motifs is 1. The van der Waals surface area contributed by atoms with Gasteiger partial charge in [0.1, 0.15) is 5.69 Å². The molecule has 8 heteroatoms. The van der Waals surface area contributed by atoms with Crippen LogP contribution >= 0.6 is 0 Å². The maximum atomic E-state index is 12.6. The Balaban J connectivity index is 2.10. The molecule has 3 N–H and O–H groups in total. The first kappa shape index (κ1) is 21.0. The molecule has 0 saturated carbocycles. The average Bonchev–Trinajstić information content (AvgIpc) is 2.59. The van der Waals surface area contributed by atoms with Crippen LogP contribution in [0, 0.1) is 11.3 Å². The molecule has 0 aliphatic heterocycles. The van der Waals surface area contributed by atoms with Crippen LogP contribution in [-0.2, 0) is 4.79 Å². The van der Waals surface area contributed by atoms with Crippen molar-refractivity contribution >= 4 is 29.8 Å². The molecule has 0 saturated heterocycles. The molecule has 7 nitrogen and oxygen atoms in total. The molecule has 1 heterocycles. The third-order valence-electron chi connectivity index (χ3n) is 4.35. The second kappa shape index (κ2) is 8.58. The van der Waals surface area contributed by atoms with Gasteiger partial charge in [0.05, 0.1) is 28.6 Å². The van der Waals surface area contributed by atoms with Crippen molar-refractivity contribution in [1.29, 1.82) is 0 Å². The van der Waals surface area contributed by atoms with E-state index < -0.39 is 24.4 Å². The third kappa shape index (κ3) is 5.58. The highest BCUT2D eigenvalue weighted by Gasteiger charge is 2.35. The summed E-state index contributed by atoms with van der Waals surface area (Å²) < 4.78 is 0. The van der Waals surface area contributed by atoms with Crippen LogP contribution in [0.4, 0.5) is 0 Å². The highest BCUT2D eigenvalue weighted by Crippen LogP contribution is 2.24. The van der Waals surface area contributed by atoms with E-state index >= 15 is 0 Å². The van der Waals surface area contributed by atoms with Gasteiger partial charge in [0.25, 0.3) is 0 Å². The van der Waals surface area contributed by atoms with Crippen LogP contribution in [0.5, 0.6) is 0 Å². The van der Waals surface area contributed by atoms with Crippen LogP contribution in [0.25, 0.3) is 11.0 Å². The molecular weight excluding hydrogens is 345 g/mol. The molecule has 144 valence electrons. The maximum Gasteiger partial charge on any atom is 0.475 e. The number of nitrogens with zero attached hydrogens (tertiary/aromatic N) is 2. The van der Waals surface area contributed by atoms with Crippen molar-refractivity contribution in [3.8, 4) is 0 Å². The number of nitrogens with one attached hydrogen (secondary N) is 1. The number of ketones is 1. The molecule has 0 radical (unpaired) electrons. The molecule has 1 aromatic heterocycles. The van der Waals surface area contributed by atoms with Crippen LogP contribution in [-0.4, -0.2) is 44.8 Å². The smallest absolute Gasteiger partial charge is 0.426 e. The third-order valence-corrected chi connectivity index (χ3v) is 4.35. The number of para-hydroxylation sites is 2. The lowest BCUT2D eigenvalue weighted by Gasteiger charge is -2.27. The summed E-state index contributed by atoms with van der Waals surface area (Å²) in [5.41, 5.74) is 0.482. The van der Waals surface area contributed by atoms with Gasteiger partial charge in [-0.3, -0.25) is 14.6 Å². The molecule has 0 bridgehead atoms. The van der Waals surface area contributed by atoms with Crippen LogP contribution < -0.4 is 5.32 Å². The molecular formula is C19H26BN3O4. The number of carbonyl (C=O) groups is 2. The number of amides is 1. The summed E-state index contributed by atoms with van der Waals surface area (Å²) in [6.07, 6.45) is 1.77. The summed E-state index contributed by atoms with van der Waals surface area (Å²) in [6, 6.07) is 7.24. The number of carbonyl (C=O) groups excluding carboxylic acids is 2. The second-order valence-corrected chi connectivity index (χ2v) is 7.85. The zero-order chi connectivity index (χ0) is 20.2. The molecule has 0 fully saturated rings. The molecule has 2 rings (SSSR count). The van der Waals surface area contributed by atoms with Gasteiger partial charge in [0.15, 0.2) is 5.78 Å². The fraction of sp³-hybridized carbons (Fsp3) is 0.474. The normalized spacial score (nSPS) is 12.9. The minimum Gasteiger partial charge on any atom is -0.426 e. The summed E-state index contributed by atoms with van der Waals surface area (Å²) in [5.74, 6) is -1.32. The molecule has 27 heavy (non-hydrogen) atoms. The molecule has 0 aliphatic carbocycles. The summed E-state index contributed by atoms with van der Waals surface area (Å²) in [5, 5.41) is 21.6. The zero-order valence-corrected chi connectivity index (χ0v) is 16.1. The van der Waals surface area contributed by atoms with Crippen LogP contribution in [0.3, 0.4) is 0 Å². The van der Waals surface area contributed by atoms with Crippen molar-refractivity contribution in [3.05, 3.63) is 36.2 Å². The summed E-state index contributed by atoms with van der Waals surface area (Å²) in [4.78, 5) is 33.8. The van der Waals surface area contributed by atoms with Gasteiger partial charge in [0, 0.05) is 6.42 Å². The first-order valence-corrected chi connectivity index (χ1v) is 9.02. The Morgan fingerprint density at radius 1 is 1.19 bits per heavy atom. The van der Waals surface area contributed by atoms with E-state index in [9.17, 15) is 19.6 Å². The fourth-order valence-corrected chi connectivity index (χ4v) is 2.79. The van der Waals surface area contributed by atoms with E-state index in [1.807, 2.05) is 32.0 Å². The van der Waals surface area contributed by atoms with Gasteiger partial charge >= 0.3 is 7.12 Å². The monoisotopic (exact) mass is 371 g/mol. The van der Waals surface area contributed by atoms with Gasteiger partial charge in [-0.1, -0.05) is 39.8 Å². The first-order chi connectivity index (χ1) is 12.6. The number of benzene rings is 1. The Kier molecular flexibility index (Phi) is 6.67. The average molecular weight is 371 g/mol. The predicted octanol–water partition coefficient (Wildman–Crippen LogP) is 1.77. The topological polar surface area (TPSA) is 112 Å². The first-order valence-electron chi connectivity index (χ1n) is 9.02. The highest BCUT2D eigenvalue weighted by atomic mass is 16.4. The van der Waals surface area contributed by atoms with E-state index in [2.05, 4.69) is 15.3 Å². The number of Topliss-reactive ketones (excluding diaryl/α,β-unsaturated/α-hetero) is 1. The lowest BCUT2D eigenvalue weighted by molar-refractivity contribution is -0.129. The van der Waals surface area contributed by atoms with Gasteiger partial charge in [-0.15, -0.1) is 0 Å². The molecule has 0 aliphatic rings. The Morgan fingerprint density at radius 2 is 1.81 bits per heavy atom. The Hall–Kier alpha value is -2.32. The van der Waals surface area contributed by atoms with E-state index in [4.69, 9.17) is 0 Å². The number of hydrogen-bond donors (Lipinski definition) is 3. The quantitative estimate of drug-likeness (QED) is 0.482. The zero-order valence-electron chi connectivity index (χ0n) is 16.1. The minimum absolute atomic E-state index is 0.0677. The molecule has 1 aromatic carbocycles. The van der Waals surface area contributed by atoms with Gasteiger partial charge in [-0.25, -0.2) is 4.98 Å². The predicted molar refractivity (Wildman–Crippen MR) is 104 cm³/mol. The maximum absolute atomic E-state index is 12.6. The lowest BCUT2D eigenvalue weighted by atomic mass is 9.74. The van der Waals surface area contributed by atoms with Gasteiger partial charge in [-0.2, -0.15) is 0 Å². The van der Waals surface area contributed by atoms with Crippen molar-refractivity contribution in [2.45, 2.75) is 46.5 Å². The SMILES string of the molecule is CC(C)C[C@H](NC(=O)C(C)(C)CC(=O)c1cnc2ccccc2n1)B(O)O.